The van der Waals surface area contributed by atoms with Crippen LogP contribution in [-0.2, 0) is 16.0 Å². The fourth-order valence-electron chi connectivity index (χ4n) is 2.58. The molecular weight excluding hydrogens is 259 g/mol. The summed E-state index contributed by atoms with van der Waals surface area (Å²) in [6.45, 7) is 0.382. The Balaban J connectivity index is 1.73. The molecule has 2 aromatic rings. The summed E-state index contributed by atoms with van der Waals surface area (Å²) in [6, 6.07) is 6.41. The number of piperidine rings is 1. The third-order valence-electron chi connectivity index (χ3n) is 3.63. The Morgan fingerprint density at radius 1 is 1.15 bits per heavy atom. The fraction of sp³-hybridized carbons (Fsp3) is 0.333. The first-order valence-electron chi connectivity index (χ1n) is 6.74. The maximum atomic E-state index is 13.1. The highest BCUT2D eigenvalue weighted by molar-refractivity contribution is 5.97. The number of halogens is 1. The van der Waals surface area contributed by atoms with Crippen LogP contribution in [0.5, 0.6) is 0 Å². The van der Waals surface area contributed by atoms with Crippen LogP contribution in [0.25, 0.3) is 10.9 Å². The lowest BCUT2D eigenvalue weighted by molar-refractivity contribution is -0.147. The number of carbonyl (C=O) groups is 2. The second kappa shape index (κ2) is 5.07. The number of aromatic amines is 1. The van der Waals surface area contributed by atoms with E-state index >= 15 is 0 Å². The number of hydrogen-bond acceptors (Lipinski definition) is 2. The van der Waals surface area contributed by atoms with E-state index in [0.29, 0.717) is 32.2 Å². The van der Waals surface area contributed by atoms with Gasteiger partial charge in [0.15, 0.2) is 0 Å². The minimum atomic E-state index is -0.274. The Hall–Kier alpha value is -2.17. The third kappa shape index (κ3) is 2.43. The molecule has 1 saturated heterocycles. The third-order valence-corrected chi connectivity index (χ3v) is 3.63. The lowest BCUT2D eigenvalue weighted by Crippen LogP contribution is -2.41. The number of amides is 2. The van der Waals surface area contributed by atoms with Crippen LogP contribution >= 0.6 is 0 Å². The number of imide groups is 1. The monoisotopic (exact) mass is 274 g/mol. The van der Waals surface area contributed by atoms with E-state index in [9.17, 15) is 14.0 Å². The Morgan fingerprint density at radius 3 is 2.65 bits per heavy atom. The summed E-state index contributed by atoms with van der Waals surface area (Å²) < 4.78 is 13.1. The van der Waals surface area contributed by atoms with Crippen molar-refractivity contribution in [2.24, 2.45) is 0 Å². The van der Waals surface area contributed by atoms with Crippen LogP contribution < -0.4 is 0 Å². The second-order valence-corrected chi connectivity index (χ2v) is 5.07. The van der Waals surface area contributed by atoms with E-state index in [-0.39, 0.29) is 17.6 Å². The smallest absolute Gasteiger partial charge is 0.229 e. The molecule has 1 aliphatic heterocycles. The first-order valence-corrected chi connectivity index (χ1v) is 6.74. The number of fused-ring (bicyclic) bond motifs is 1. The molecule has 0 aliphatic carbocycles. The van der Waals surface area contributed by atoms with Gasteiger partial charge < -0.3 is 4.98 Å². The van der Waals surface area contributed by atoms with Gasteiger partial charge in [0.25, 0.3) is 0 Å². The molecule has 0 unspecified atom stereocenters. The van der Waals surface area contributed by atoms with Crippen molar-refractivity contribution in [1.82, 2.24) is 9.88 Å². The van der Waals surface area contributed by atoms with Crippen molar-refractivity contribution in [2.45, 2.75) is 25.7 Å². The van der Waals surface area contributed by atoms with Crippen molar-refractivity contribution in [3.8, 4) is 0 Å². The summed E-state index contributed by atoms with van der Waals surface area (Å²) in [6.07, 6.45) is 2.11. The predicted octanol–water partition coefficient (Wildman–Crippen LogP) is 2.39. The Morgan fingerprint density at radius 2 is 1.90 bits per heavy atom. The Labute approximate surface area is 115 Å². The lowest BCUT2D eigenvalue weighted by Gasteiger charge is -2.24. The number of rotatable bonds is 3. The van der Waals surface area contributed by atoms with Crippen molar-refractivity contribution in [3.63, 3.8) is 0 Å². The van der Waals surface area contributed by atoms with Crippen molar-refractivity contribution >= 4 is 22.7 Å². The molecule has 0 atom stereocenters. The quantitative estimate of drug-likeness (QED) is 0.874. The Kier molecular flexibility index (Phi) is 3.26. The maximum absolute atomic E-state index is 13.1. The molecule has 4 nitrogen and oxygen atoms in total. The molecule has 1 aliphatic rings. The van der Waals surface area contributed by atoms with Gasteiger partial charge in [-0.25, -0.2) is 4.39 Å². The second-order valence-electron chi connectivity index (χ2n) is 5.07. The standard InChI is InChI=1S/C15H15FN2O2/c16-11-4-5-13-10(8-11)9-12(17-13)6-7-18-14(19)2-1-3-15(18)20/h4-5,8-9,17H,1-3,6-7H2. The van der Waals surface area contributed by atoms with E-state index in [1.807, 2.05) is 6.07 Å². The predicted molar refractivity (Wildman–Crippen MR) is 72.5 cm³/mol. The van der Waals surface area contributed by atoms with Crippen molar-refractivity contribution in [2.75, 3.05) is 6.54 Å². The van der Waals surface area contributed by atoms with Gasteiger partial charge in [0.2, 0.25) is 11.8 Å². The highest BCUT2D eigenvalue weighted by Crippen LogP contribution is 2.18. The van der Waals surface area contributed by atoms with Crippen molar-refractivity contribution < 1.29 is 14.0 Å². The maximum Gasteiger partial charge on any atom is 0.229 e. The molecule has 0 saturated carbocycles. The van der Waals surface area contributed by atoms with E-state index in [0.717, 1.165) is 16.6 Å². The lowest BCUT2D eigenvalue weighted by atomic mass is 10.1. The molecule has 3 rings (SSSR count). The van der Waals surface area contributed by atoms with Gasteiger partial charge in [0, 0.05) is 42.4 Å². The summed E-state index contributed by atoms with van der Waals surface area (Å²) in [5.41, 5.74) is 1.76. The van der Waals surface area contributed by atoms with Gasteiger partial charge in [0.1, 0.15) is 5.82 Å². The molecule has 1 N–H and O–H groups in total. The zero-order valence-electron chi connectivity index (χ0n) is 11.0. The number of H-pyrrole nitrogens is 1. The molecule has 2 amide bonds. The van der Waals surface area contributed by atoms with Crippen LogP contribution in [-0.4, -0.2) is 28.2 Å². The Bertz CT molecular complexity index is 662. The number of benzene rings is 1. The SMILES string of the molecule is O=C1CCCC(=O)N1CCc1cc2cc(F)ccc2[nH]1. The van der Waals surface area contributed by atoms with Crippen molar-refractivity contribution in [1.29, 1.82) is 0 Å². The average molecular weight is 274 g/mol. The first-order chi connectivity index (χ1) is 9.63. The number of hydrogen-bond donors (Lipinski definition) is 1. The molecule has 2 heterocycles. The molecular formula is C15H15FN2O2. The van der Waals surface area contributed by atoms with Crippen LogP contribution in [0.2, 0.25) is 0 Å². The summed E-state index contributed by atoms with van der Waals surface area (Å²) in [5, 5.41) is 0.802. The largest absolute Gasteiger partial charge is 0.358 e. The average Bonchev–Trinajstić information content (AvgIpc) is 2.80. The van der Waals surface area contributed by atoms with E-state index in [1.54, 1.807) is 6.07 Å². The molecule has 1 aromatic carbocycles. The topological polar surface area (TPSA) is 53.2 Å². The molecule has 1 fully saturated rings. The number of aromatic nitrogens is 1. The molecule has 0 spiro atoms. The highest BCUT2D eigenvalue weighted by atomic mass is 19.1. The molecule has 20 heavy (non-hydrogen) atoms. The highest BCUT2D eigenvalue weighted by Gasteiger charge is 2.25. The minimum absolute atomic E-state index is 0.0941. The molecule has 5 heteroatoms. The van der Waals surface area contributed by atoms with Gasteiger partial charge in [-0.05, 0) is 30.7 Å². The summed E-state index contributed by atoms with van der Waals surface area (Å²) >= 11 is 0. The fourth-order valence-corrected chi connectivity index (χ4v) is 2.58. The van der Waals surface area contributed by atoms with Gasteiger partial charge in [-0.1, -0.05) is 0 Å². The van der Waals surface area contributed by atoms with E-state index in [4.69, 9.17) is 0 Å². The van der Waals surface area contributed by atoms with Crippen LogP contribution in [0, 0.1) is 5.82 Å². The molecule has 1 aromatic heterocycles. The number of nitrogens with zero attached hydrogens (tertiary/aromatic N) is 1. The van der Waals surface area contributed by atoms with E-state index in [1.165, 1.54) is 17.0 Å². The summed E-state index contributed by atoms with van der Waals surface area (Å²) in [5.74, 6) is -0.462. The van der Waals surface area contributed by atoms with Gasteiger partial charge in [-0.15, -0.1) is 0 Å². The number of carbonyl (C=O) groups excluding carboxylic acids is 2. The molecule has 0 radical (unpaired) electrons. The number of likely N-dealkylation sites (tertiary alicyclic amines) is 1. The normalized spacial score (nSPS) is 16.1. The van der Waals surface area contributed by atoms with Gasteiger partial charge in [-0.2, -0.15) is 0 Å². The molecule has 0 bridgehead atoms. The van der Waals surface area contributed by atoms with Gasteiger partial charge >= 0.3 is 0 Å². The van der Waals surface area contributed by atoms with Crippen LogP contribution in [0.1, 0.15) is 25.0 Å². The zero-order valence-corrected chi connectivity index (χ0v) is 11.0. The van der Waals surface area contributed by atoms with Crippen LogP contribution in [0.3, 0.4) is 0 Å². The first kappa shape index (κ1) is 12.8. The summed E-state index contributed by atoms with van der Waals surface area (Å²) in [7, 11) is 0. The minimum Gasteiger partial charge on any atom is -0.358 e. The molecule has 104 valence electrons. The van der Waals surface area contributed by atoms with E-state index in [2.05, 4.69) is 4.98 Å². The van der Waals surface area contributed by atoms with Crippen molar-refractivity contribution in [3.05, 3.63) is 35.8 Å². The van der Waals surface area contributed by atoms with Gasteiger partial charge in [0.05, 0.1) is 0 Å². The van der Waals surface area contributed by atoms with Gasteiger partial charge in [-0.3, -0.25) is 14.5 Å². The summed E-state index contributed by atoms with van der Waals surface area (Å²) in [4.78, 5) is 27.9. The van der Waals surface area contributed by atoms with Crippen LogP contribution in [0.4, 0.5) is 4.39 Å². The number of nitrogens with one attached hydrogen (secondary N) is 1. The van der Waals surface area contributed by atoms with E-state index < -0.39 is 0 Å². The zero-order chi connectivity index (χ0) is 14.1. The van der Waals surface area contributed by atoms with Crippen LogP contribution in [0.15, 0.2) is 24.3 Å².